The molecule has 0 heterocycles. The molecule has 3 rings (SSSR count). The number of carbonyl (C=O) groups is 1. The molecular weight excluding hydrogens is 362 g/mol. The standard InChI is InChI=1S/C25H27NO3/c1-16-9-11-22(13-18(16)3)29-15-21-14-20(10-12-24(21)28-5)25(27)26-23-8-6-7-17(2)19(23)4/h6-14H,15H2,1-5H3,(H,26,27). The fourth-order valence-electron chi connectivity index (χ4n) is 3.08. The molecule has 1 amide bonds. The Balaban J connectivity index is 1.79. The lowest BCUT2D eigenvalue weighted by Gasteiger charge is -2.14. The number of hydrogen-bond donors (Lipinski definition) is 1. The number of amides is 1. The average molecular weight is 389 g/mol. The van der Waals surface area contributed by atoms with Crippen molar-refractivity contribution in [3.8, 4) is 11.5 Å². The molecule has 0 aliphatic heterocycles. The fraction of sp³-hybridized carbons (Fsp3) is 0.240. The number of aryl methyl sites for hydroxylation is 3. The van der Waals surface area contributed by atoms with E-state index in [0.29, 0.717) is 17.9 Å². The van der Waals surface area contributed by atoms with E-state index >= 15 is 0 Å². The predicted molar refractivity (Wildman–Crippen MR) is 117 cm³/mol. The second-order valence-electron chi connectivity index (χ2n) is 7.26. The number of ether oxygens (including phenoxy) is 2. The van der Waals surface area contributed by atoms with E-state index in [0.717, 1.165) is 28.1 Å². The minimum atomic E-state index is -0.159. The van der Waals surface area contributed by atoms with E-state index in [9.17, 15) is 4.79 Å². The number of methoxy groups -OCH3 is 1. The molecule has 150 valence electrons. The summed E-state index contributed by atoms with van der Waals surface area (Å²) >= 11 is 0. The molecule has 4 nitrogen and oxygen atoms in total. The summed E-state index contributed by atoms with van der Waals surface area (Å²) in [5.41, 5.74) is 6.80. The van der Waals surface area contributed by atoms with Gasteiger partial charge in [0, 0.05) is 16.8 Å². The highest BCUT2D eigenvalue weighted by Crippen LogP contribution is 2.25. The van der Waals surface area contributed by atoms with Crippen molar-refractivity contribution in [2.24, 2.45) is 0 Å². The monoisotopic (exact) mass is 389 g/mol. The molecule has 0 aliphatic carbocycles. The Kier molecular flexibility index (Phi) is 6.23. The van der Waals surface area contributed by atoms with Gasteiger partial charge in [-0.15, -0.1) is 0 Å². The molecule has 0 saturated heterocycles. The second kappa shape index (κ2) is 8.82. The van der Waals surface area contributed by atoms with E-state index in [4.69, 9.17) is 9.47 Å². The Morgan fingerprint density at radius 2 is 1.69 bits per heavy atom. The molecule has 0 unspecified atom stereocenters. The zero-order chi connectivity index (χ0) is 21.0. The van der Waals surface area contributed by atoms with Gasteiger partial charge in [-0.1, -0.05) is 18.2 Å². The molecule has 0 bridgehead atoms. The zero-order valence-electron chi connectivity index (χ0n) is 17.6. The van der Waals surface area contributed by atoms with Gasteiger partial charge in [0.05, 0.1) is 7.11 Å². The first-order chi connectivity index (χ1) is 13.9. The highest BCUT2D eigenvalue weighted by atomic mass is 16.5. The Morgan fingerprint density at radius 1 is 0.897 bits per heavy atom. The van der Waals surface area contributed by atoms with Gasteiger partial charge in [0.15, 0.2) is 0 Å². The van der Waals surface area contributed by atoms with Crippen molar-refractivity contribution < 1.29 is 14.3 Å². The average Bonchev–Trinajstić information content (AvgIpc) is 2.72. The van der Waals surface area contributed by atoms with Crippen molar-refractivity contribution in [1.82, 2.24) is 0 Å². The third-order valence-electron chi connectivity index (χ3n) is 5.27. The number of anilines is 1. The van der Waals surface area contributed by atoms with Crippen LogP contribution in [0.25, 0.3) is 0 Å². The smallest absolute Gasteiger partial charge is 0.255 e. The SMILES string of the molecule is COc1ccc(C(=O)Nc2cccc(C)c2C)cc1COc1ccc(C)c(C)c1. The van der Waals surface area contributed by atoms with Gasteiger partial charge in [0.25, 0.3) is 5.91 Å². The molecule has 0 spiro atoms. The maximum absolute atomic E-state index is 12.8. The first-order valence-electron chi connectivity index (χ1n) is 9.63. The van der Waals surface area contributed by atoms with Crippen molar-refractivity contribution >= 4 is 11.6 Å². The minimum Gasteiger partial charge on any atom is -0.496 e. The third kappa shape index (κ3) is 4.77. The largest absolute Gasteiger partial charge is 0.496 e. The summed E-state index contributed by atoms with van der Waals surface area (Å²) in [6.45, 7) is 8.47. The van der Waals surface area contributed by atoms with Crippen LogP contribution in [0.5, 0.6) is 11.5 Å². The molecule has 0 radical (unpaired) electrons. The zero-order valence-corrected chi connectivity index (χ0v) is 17.6. The van der Waals surface area contributed by atoms with Crippen LogP contribution in [0.3, 0.4) is 0 Å². The maximum atomic E-state index is 12.8. The van der Waals surface area contributed by atoms with E-state index in [1.807, 2.05) is 56.3 Å². The second-order valence-corrected chi connectivity index (χ2v) is 7.26. The van der Waals surface area contributed by atoms with Crippen molar-refractivity contribution in [3.63, 3.8) is 0 Å². The van der Waals surface area contributed by atoms with E-state index in [-0.39, 0.29) is 5.91 Å². The van der Waals surface area contributed by atoms with Gasteiger partial charge in [-0.05, 0) is 86.3 Å². The van der Waals surface area contributed by atoms with Crippen LogP contribution < -0.4 is 14.8 Å². The third-order valence-corrected chi connectivity index (χ3v) is 5.27. The summed E-state index contributed by atoms with van der Waals surface area (Å²) in [5, 5.41) is 3.00. The van der Waals surface area contributed by atoms with Gasteiger partial charge in [-0.3, -0.25) is 4.79 Å². The highest BCUT2D eigenvalue weighted by molar-refractivity contribution is 6.05. The maximum Gasteiger partial charge on any atom is 0.255 e. The van der Waals surface area contributed by atoms with Gasteiger partial charge < -0.3 is 14.8 Å². The van der Waals surface area contributed by atoms with Crippen LogP contribution in [0.4, 0.5) is 5.69 Å². The quantitative estimate of drug-likeness (QED) is 0.583. The summed E-state index contributed by atoms with van der Waals surface area (Å²) in [6.07, 6.45) is 0. The van der Waals surface area contributed by atoms with E-state index < -0.39 is 0 Å². The lowest BCUT2D eigenvalue weighted by atomic mass is 10.1. The van der Waals surface area contributed by atoms with E-state index in [1.54, 1.807) is 19.2 Å². The van der Waals surface area contributed by atoms with Crippen LogP contribution in [-0.4, -0.2) is 13.0 Å². The summed E-state index contributed by atoms with van der Waals surface area (Å²) < 4.78 is 11.4. The molecule has 0 aliphatic rings. The van der Waals surface area contributed by atoms with Gasteiger partial charge in [-0.2, -0.15) is 0 Å². The molecule has 3 aromatic rings. The van der Waals surface area contributed by atoms with Crippen LogP contribution in [0.15, 0.2) is 54.6 Å². The van der Waals surface area contributed by atoms with Gasteiger partial charge in [0.2, 0.25) is 0 Å². The van der Waals surface area contributed by atoms with Crippen LogP contribution in [0.1, 0.15) is 38.2 Å². The van der Waals surface area contributed by atoms with Crippen molar-refractivity contribution in [2.75, 3.05) is 12.4 Å². The summed E-state index contributed by atoms with van der Waals surface area (Å²) in [5.74, 6) is 1.33. The van der Waals surface area contributed by atoms with Crippen LogP contribution in [0, 0.1) is 27.7 Å². The van der Waals surface area contributed by atoms with Crippen molar-refractivity contribution in [1.29, 1.82) is 0 Å². The van der Waals surface area contributed by atoms with Crippen molar-refractivity contribution in [3.05, 3.63) is 88.0 Å². The summed E-state index contributed by atoms with van der Waals surface area (Å²) in [6, 6.07) is 17.3. The molecule has 0 aromatic heterocycles. The van der Waals surface area contributed by atoms with Crippen LogP contribution in [-0.2, 0) is 6.61 Å². The van der Waals surface area contributed by atoms with Gasteiger partial charge in [-0.25, -0.2) is 0 Å². The number of nitrogens with one attached hydrogen (secondary N) is 1. The fourth-order valence-corrected chi connectivity index (χ4v) is 3.08. The molecule has 0 atom stereocenters. The molecule has 29 heavy (non-hydrogen) atoms. The Morgan fingerprint density at radius 3 is 2.41 bits per heavy atom. The Hall–Kier alpha value is -3.27. The summed E-state index contributed by atoms with van der Waals surface area (Å²) in [4.78, 5) is 12.8. The summed E-state index contributed by atoms with van der Waals surface area (Å²) in [7, 11) is 1.62. The number of rotatable bonds is 6. The molecular formula is C25H27NO3. The topological polar surface area (TPSA) is 47.6 Å². The molecule has 0 fully saturated rings. The molecule has 1 N–H and O–H groups in total. The van der Waals surface area contributed by atoms with Crippen LogP contribution in [0.2, 0.25) is 0 Å². The lowest BCUT2D eigenvalue weighted by molar-refractivity contribution is 0.102. The van der Waals surface area contributed by atoms with Crippen molar-refractivity contribution in [2.45, 2.75) is 34.3 Å². The first-order valence-corrected chi connectivity index (χ1v) is 9.63. The Bertz CT molecular complexity index is 1040. The molecule has 0 saturated carbocycles. The van der Waals surface area contributed by atoms with E-state index in [2.05, 4.69) is 19.2 Å². The number of hydrogen-bond acceptors (Lipinski definition) is 3. The van der Waals surface area contributed by atoms with Crippen LogP contribution >= 0.6 is 0 Å². The Labute approximate surface area is 172 Å². The van der Waals surface area contributed by atoms with Gasteiger partial charge >= 0.3 is 0 Å². The molecule has 4 heteroatoms. The highest BCUT2D eigenvalue weighted by Gasteiger charge is 2.13. The number of benzene rings is 3. The van der Waals surface area contributed by atoms with Gasteiger partial charge in [0.1, 0.15) is 18.1 Å². The van der Waals surface area contributed by atoms with E-state index in [1.165, 1.54) is 11.1 Å². The predicted octanol–water partition coefficient (Wildman–Crippen LogP) is 5.76. The lowest BCUT2D eigenvalue weighted by Crippen LogP contribution is -2.14. The minimum absolute atomic E-state index is 0.159. The normalized spacial score (nSPS) is 10.5. The number of carbonyl (C=O) groups excluding carboxylic acids is 1. The first kappa shape index (κ1) is 20.5. The molecule has 3 aromatic carbocycles.